The summed E-state index contributed by atoms with van der Waals surface area (Å²) in [5.41, 5.74) is 6.31. The molecule has 0 unspecified atom stereocenters. The van der Waals surface area contributed by atoms with Crippen LogP contribution in [0.4, 0.5) is 5.82 Å². The van der Waals surface area contributed by atoms with Gasteiger partial charge in [-0.2, -0.15) is 0 Å². The number of aromatic nitrogens is 3. The van der Waals surface area contributed by atoms with Crippen LogP contribution in [0.15, 0.2) is 37.1 Å². The molecule has 0 radical (unpaired) electrons. The largest absolute Gasteiger partial charge is 0.389 e. The van der Waals surface area contributed by atoms with Crippen LogP contribution in [0, 0.1) is 0 Å². The lowest BCUT2D eigenvalue weighted by molar-refractivity contribution is 0.620. The lowest BCUT2D eigenvalue weighted by Gasteiger charge is -2.06. The summed E-state index contributed by atoms with van der Waals surface area (Å²) in [6.07, 6.45) is 9.49. The summed E-state index contributed by atoms with van der Waals surface area (Å²) in [7, 11) is 0. The minimum absolute atomic E-state index is 0.374. The number of unbranched alkanes of at least 4 members (excludes halogenated alkanes) is 1. The third-order valence-electron chi connectivity index (χ3n) is 2.76. The molecule has 6 heteroatoms. The average Bonchev–Trinajstić information content (AvgIpc) is 2.92. The molecule has 0 bridgehead atoms. The van der Waals surface area contributed by atoms with Gasteiger partial charge in [0.15, 0.2) is 0 Å². The van der Waals surface area contributed by atoms with Gasteiger partial charge in [0.2, 0.25) is 0 Å². The Bertz CT molecular complexity index is 506. The van der Waals surface area contributed by atoms with Crippen LogP contribution in [-0.2, 0) is 6.54 Å². The van der Waals surface area contributed by atoms with Gasteiger partial charge >= 0.3 is 0 Å². The number of rotatable bonds is 7. The molecule has 2 rings (SSSR count). The first kappa shape index (κ1) is 13.5. The molecule has 0 spiro atoms. The molecule has 0 fully saturated rings. The highest BCUT2D eigenvalue weighted by Crippen LogP contribution is 2.05. The maximum Gasteiger partial charge on any atom is 0.125 e. The molecule has 0 aromatic carbocycles. The van der Waals surface area contributed by atoms with Crippen molar-refractivity contribution in [3.63, 3.8) is 0 Å². The molecule has 0 atom stereocenters. The molecule has 0 saturated heterocycles. The fourth-order valence-electron chi connectivity index (χ4n) is 1.70. The fraction of sp³-hybridized carbons (Fsp3) is 0.308. The Hall–Kier alpha value is -1.95. The van der Waals surface area contributed by atoms with Gasteiger partial charge in [0, 0.05) is 37.2 Å². The van der Waals surface area contributed by atoms with E-state index in [9.17, 15) is 0 Å². The van der Waals surface area contributed by atoms with E-state index in [2.05, 4.69) is 19.9 Å². The molecule has 0 aliphatic rings. The Morgan fingerprint density at radius 3 is 2.89 bits per heavy atom. The highest BCUT2D eigenvalue weighted by molar-refractivity contribution is 7.80. The van der Waals surface area contributed by atoms with Gasteiger partial charge in [-0.25, -0.2) is 9.97 Å². The molecule has 100 valence electrons. The van der Waals surface area contributed by atoms with Gasteiger partial charge in [-0.15, -0.1) is 0 Å². The Kier molecular flexibility index (Phi) is 4.85. The van der Waals surface area contributed by atoms with E-state index in [0.29, 0.717) is 4.99 Å². The molecule has 5 nitrogen and oxygen atoms in total. The second-order valence-electron chi connectivity index (χ2n) is 4.23. The maximum absolute atomic E-state index is 5.51. The zero-order valence-electron chi connectivity index (χ0n) is 10.6. The van der Waals surface area contributed by atoms with Crippen molar-refractivity contribution >= 4 is 23.0 Å². The number of aryl methyl sites for hydroxylation is 1. The first-order chi connectivity index (χ1) is 9.25. The predicted octanol–water partition coefficient (Wildman–Crippen LogP) is 1.80. The van der Waals surface area contributed by atoms with Crippen LogP contribution >= 0.6 is 12.2 Å². The van der Waals surface area contributed by atoms with Crippen LogP contribution in [0.5, 0.6) is 0 Å². The summed E-state index contributed by atoms with van der Waals surface area (Å²) in [4.78, 5) is 8.64. The standard InChI is InChI=1S/C13H17N5S/c14-13(19)11-3-4-12(17-9-11)16-5-1-2-7-18-8-6-15-10-18/h3-4,6,8-10H,1-2,5,7H2,(H2,14,19)(H,16,17). The van der Waals surface area contributed by atoms with Crippen LogP contribution in [0.1, 0.15) is 18.4 Å². The smallest absolute Gasteiger partial charge is 0.125 e. The summed E-state index contributed by atoms with van der Waals surface area (Å²) in [6.45, 7) is 1.89. The lowest BCUT2D eigenvalue weighted by Crippen LogP contribution is -2.10. The van der Waals surface area contributed by atoms with E-state index >= 15 is 0 Å². The van der Waals surface area contributed by atoms with Crippen molar-refractivity contribution in [2.75, 3.05) is 11.9 Å². The minimum atomic E-state index is 0.374. The molecule has 2 aromatic rings. The summed E-state index contributed by atoms with van der Waals surface area (Å²) in [6, 6.07) is 3.77. The van der Waals surface area contributed by atoms with Crippen molar-refractivity contribution in [3.8, 4) is 0 Å². The molecular weight excluding hydrogens is 258 g/mol. The Labute approximate surface area is 117 Å². The van der Waals surface area contributed by atoms with Crippen LogP contribution < -0.4 is 11.1 Å². The molecule has 0 amide bonds. The molecule has 0 aliphatic heterocycles. The van der Waals surface area contributed by atoms with E-state index in [1.54, 1.807) is 12.4 Å². The molecule has 2 heterocycles. The molecule has 0 saturated carbocycles. The van der Waals surface area contributed by atoms with Crippen molar-refractivity contribution < 1.29 is 0 Å². The number of hydrogen-bond acceptors (Lipinski definition) is 4. The average molecular weight is 275 g/mol. The summed E-state index contributed by atoms with van der Waals surface area (Å²) < 4.78 is 2.08. The predicted molar refractivity (Wildman–Crippen MR) is 80.1 cm³/mol. The van der Waals surface area contributed by atoms with E-state index in [1.807, 2.05) is 24.7 Å². The van der Waals surface area contributed by atoms with Crippen LogP contribution in [-0.4, -0.2) is 26.1 Å². The van der Waals surface area contributed by atoms with Crippen molar-refractivity contribution in [2.45, 2.75) is 19.4 Å². The quantitative estimate of drug-likeness (QED) is 0.596. The number of anilines is 1. The minimum Gasteiger partial charge on any atom is -0.389 e. The fourth-order valence-corrected chi connectivity index (χ4v) is 1.82. The van der Waals surface area contributed by atoms with Gasteiger partial charge in [0.25, 0.3) is 0 Å². The van der Waals surface area contributed by atoms with Crippen molar-refractivity contribution in [2.24, 2.45) is 5.73 Å². The van der Waals surface area contributed by atoms with Crippen LogP contribution in [0.25, 0.3) is 0 Å². The number of pyridine rings is 1. The Balaban J connectivity index is 1.66. The van der Waals surface area contributed by atoms with Crippen molar-refractivity contribution in [1.29, 1.82) is 0 Å². The monoisotopic (exact) mass is 275 g/mol. The van der Waals surface area contributed by atoms with Crippen LogP contribution in [0.2, 0.25) is 0 Å². The first-order valence-electron chi connectivity index (χ1n) is 6.21. The van der Waals surface area contributed by atoms with Gasteiger partial charge in [-0.1, -0.05) is 12.2 Å². The third-order valence-corrected chi connectivity index (χ3v) is 2.99. The Morgan fingerprint density at radius 2 is 2.26 bits per heavy atom. The molecule has 3 N–H and O–H groups in total. The van der Waals surface area contributed by atoms with E-state index in [4.69, 9.17) is 18.0 Å². The van der Waals surface area contributed by atoms with Crippen molar-refractivity contribution in [3.05, 3.63) is 42.6 Å². The Morgan fingerprint density at radius 1 is 1.37 bits per heavy atom. The second-order valence-corrected chi connectivity index (χ2v) is 4.67. The number of imidazole rings is 1. The van der Waals surface area contributed by atoms with E-state index in [-0.39, 0.29) is 0 Å². The number of thiocarbonyl (C=S) groups is 1. The van der Waals surface area contributed by atoms with Gasteiger partial charge in [-0.05, 0) is 25.0 Å². The van der Waals surface area contributed by atoms with E-state index < -0.39 is 0 Å². The van der Waals surface area contributed by atoms with Gasteiger partial charge < -0.3 is 15.6 Å². The maximum atomic E-state index is 5.51. The summed E-state index contributed by atoms with van der Waals surface area (Å²) >= 11 is 4.88. The second kappa shape index (κ2) is 6.84. The van der Waals surface area contributed by atoms with E-state index in [1.165, 1.54) is 0 Å². The molecule has 2 aromatic heterocycles. The number of nitrogens with two attached hydrogens (primary N) is 1. The van der Waals surface area contributed by atoms with Gasteiger partial charge in [0.1, 0.15) is 10.8 Å². The van der Waals surface area contributed by atoms with Gasteiger partial charge in [0.05, 0.1) is 6.33 Å². The number of nitrogens with one attached hydrogen (secondary N) is 1. The number of nitrogens with zero attached hydrogens (tertiary/aromatic N) is 3. The zero-order valence-corrected chi connectivity index (χ0v) is 11.4. The van der Waals surface area contributed by atoms with Gasteiger partial charge in [-0.3, -0.25) is 0 Å². The van der Waals surface area contributed by atoms with Crippen molar-refractivity contribution in [1.82, 2.24) is 14.5 Å². The zero-order chi connectivity index (χ0) is 13.5. The first-order valence-corrected chi connectivity index (χ1v) is 6.62. The third kappa shape index (κ3) is 4.33. The normalized spacial score (nSPS) is 10.3. The lowest BCUT2D eigenvalue weighted by atomic mass is 10.3. The molecular formula is C13H17N5S. The van der Waals surface area contributed by atoms with Crippen LogP contribution in [0.3, 0.4) is 0 Å². The summed E-state index contributed by atoms with van der Waals surface area (Å²) in [5, 5.41) is 3.27. The number of hydrogen-bond donors (Lipinski definition) is 2. The highest BCUT2D eigenvalue weighted by Gasteiger charge is 1.97. The summed E-state index contributed by atoms with van der Waals surface area (Å²) in [5.74, 6) is 0.850. The topological polar surface area (TPSA) is 68.8 Å². The molecule has 19 heavy (non-hydrogen) atoms. The molecule has 0 aliphatic carbocycles. The SMILES string of the molecule is NC(=S)c1ccc(NCCCCn2ccnc2)nc1. The highest BCUT2D eigenvalue weighted by atomic mass is 32.1. The van der Waals surface area contributed by atoms with E-state index in [0.717, 1.165) is 37.3 Å².